The van der Waals surface area contributed by atoms with Crippen LogP contribution in [0.2, 0.25) is 0 Å². The van der Waals surface area contributed by atoms with E-state index in [2.05, 4.69) is 9.72 Å². The summed E-state index contributed by atoms with van der Waals surface area (Å²) in [5.74, 6) is -1.51. The molecule has 0 unspecified atom stereocenters. The minimum atomic E-state index is -4.58. The van der Waals surface area contributed by atoms with Crippen molar-refractivity contribution in [2.75, 3.05) is 7.11 Å². The molecule has 1 N–H and O–H groups in total. The lowest BCUT2D eigenvalue weighted by Gasteiger charge is -2.16. The lowest BCUT2D eigenvalue weighted by molar-refractivity contribution is -0.253. The van der Waals surface area contributed by atoms with Gasteiger partial charge in [-0.3, -0.25) is 4.40 Å². The van der Waals surface area contributed by atoms with E-state index in [4.69, 9.17) is 4.74 Å². The minimum Gasteiger partial charge on any atom is -0.504 e. The Kier molecular flexibility index (Phi) is 5.78. The van der Waals surface area contributed by atoms with Crippen molar-refractivity contribution in [1.82, 2.24) is 9.38 Å². The number of nitrogens with zero attached hydrogens (tertiary/aromatic N) is 2. The first-order valence-corrected chi connectivity index (χ1v) is 8.95. The van der Waals surface area contributed by atoms with Crippen LogP contribution >= 0.6 is 11.3 Å². The Morgan fingerprint density at radius 1 is 1.34 bits per heavy atom. The first-order chi connectivity index (χ1) is 13.7. The molecule has 0 spiro atoms. The van der Waals surface area contributed by atoms with Gasteiger partial charge >= 0.3 is 18.5 Å². The molecule has 0 fully saturated rings. The number of hydrogen-bond donors (Lipinski definition) is 1. The Balaban J connectivity index is 1.83. The van der Waals surface area contributed by atoms with Crippen LogP contribution in [0, 0.1) is 0 Å². The van der Waals surface area contributed by atoms with Gasteiger partial charge in [0.1, 0.15) is 5.75 Å². The van der Waals surface area contributed by atoms with Gasteiger partial charge in [0.05, 0.1) is 24.6 Å². The number of aliphatic carboxylic acids is 1. The second-order valence-electron chi connectivity index (χ2n) is 5.86. The maximum absolute atomic E-state index is 13.0. The van der Waals surface area contributed by atoms with E-state index >= 15 is 0 Å². The Morgan fingerprint density at radius 3 is 2.62 bits per heavy atom. The van der Waals surface area contributed by atoms with Crippen LogP contribution in [0.1, 0.15) is 5.69 Å². The Morgan fingerprint density at radius 2 is 2.03 bits per heavy atom. The normalized spacial score (nSPS) is 12.6. The molecule has 2 heterocycles. The molecule has 154 valence electrons. The van der Waals surface area contributed by atoms with Crippen LogP contribution in [0.25, 0.3) is 16.2 Å². The number of methoxy groups -OCH3 is 1. The van der Waals surface area contributed by atoms with Crippen LogP contribution in [-0.2, 0) is 16.0 Å². The summed E-state index contributed by atoms with van der Waals surface area (Å²) in [6, 6.07) is 5.11. The molecule has 3 aromatic rings. The largest absolute Gasteiger partial charge is 0.504 e. The molecule has 2 aromatic heterocycles. The number of benzene rings is 1. The molecule has 0 aliphatic heterocycles. The molecule has 0 bridgehead atoms. The van der Waals surface area contributed by atoms with Crippen molar-refractivity contribution in [2.24, 2.45) is 0 Å². The van der Waals surface area contributed by atoms with E-state index in [9.17, 15) is 27.5 Å². The molecular weight excluding hydrogens is 416 g/mol. The highest BCUT2D eigenvalue weighted by Gasteiger charge is 2.43. The SMILES string of the molecule is CO/C=C(/Cc1csc2nc(-c3ccc(OC(F)(F)C(F)F)cc3)cn12)C(=O)O. The molecule has 11 heteroatoms. The molecule has 0 aliphatic rings. The van der Waals surface area contributed by atoms with Gasteiger partial charge in [-0.1, -0.05) is 0 Å². The van der Waals surface area contributed by atoms with Crippen LogP contribution in [0.5, 0.6) is 5.75 Å². The first-order valence-electron chi connectivity index (χ1n) is 8.07. The number of carbonyl (C=O) groups is 1. The molecular formula is C18H14F4N2O4S. The number of fused-ring (bicyclic) bond motifs is 1. The highest BCUT2D eigenvalue weighted by atomic mass is 32.1. The Labute approximate surface area is 165 Å². The van der Waals surface area contributed by atoms with E-state index in [1.807, 2.05) is 0 Å². The maximum atomic E-state index is 13.0. The molecule has 0 aliphatic carbocycles. The van der Waals surface area contributed by atoms with Crippen molar-refractivity contribution >= 4 is 22.3 Å². The van der Waals surface area contributed by atoms with Crippen molar-refractivity contribution in [1.29, 1.82) is 0 Å². The van der Waals surface area contributed by atoms with Crippen LogP contribution in [0.15, 0.2) is 47.7 Å². The number of rotatable bonds is 8. The molecule has 6 nitrogen and oxygen atoms in total. The van der Waals surface area contributed by atoms with Crippen molar-refractivity contribution in [3.05, 3.63) is 53.4 Å². The summed E-state index contributed by atoms with van der Waals surface area (Å²) in [5.41, 5.74) is 1.78. The average Bonchev–Trinajstić information content (AvgIpc) is 3.23. The fourth-order valence-electron chi connectivity index (χ4n) is 2.50. The molecule has 3 rings (SSSR count). The van der Waals surface area contributed by atoms with Gasteiger partial charge < -0.3 is 14.6 Å². The van der Waals surface area contributed by atoms with Gasteiger partial charge in [0.2, 0.25) is 0 Å². The number of imidazole rings is 1. The third kappa shape index (κ3) is 4.50. The zero-order valence-electron chi connectivity index (χ0n) is 14.8. The number of halogens is 4. The summed E-state index contributed by atoms with van der Waals surface area (Å²) in [7, 11) is 1.35. The second-order valence-corrected chi connectivity index (χ2v) is 6.69. The summed E-state index contributed by atoms with van der Waals surface area (Å²) in [5, 5.41) is 11.0. The summed E-state index contributed by atoms with van der Waals surface area (Å²) in [6.45, 7) is 0. The average molecular weight is 430 g/mol. The minimum absolute atomic E-state index is 0.0592. The van der Waals surface area contributed by atoms with Crippen molar-refractivity contribution < 1.29 is 36.9 Å². The van der Waals surface area contributed by atoms with Gasteiger partial charge in [-0.25, -0.2) is 9.78 Å². The van der Waals surface area contributed by atoms with E-state index in [0.29, 0.717) is 21.9 Å². The Hall–Kier alpha value is -3.08. The zero-order valence-corrected chi connectivity index (χ0v) is 15.6. The molecule has 0 saturated heterocycles. The number of thiazole rings is 1. The van der Waals surface area contributed by atoms with Crippen LogP contribution < -0.4 is 4.74 Å². The van der Waals surface area contributed by atoms with Crippen LogP contribution in [0.3, 0.4) is 0 Å². The molecule has 1 aromatic carbocycles. The second kappa shape index (κ2) is 8.11. The lowest BCUT2D eigenvalue weighted by Crippen LogP contribution is -2.33. The standard InChI is InChI=1S/C18H14F4N2O4S/c1-27-8-11(15(25)26)6-12-9-29-17-23-14(7-24(12)17)10-2-4-13(5-3-10)28-18(21,22)16(19)20/h2-5,7-9,16H,6H2,1H3,(H,25,26)/b11-8-. The smallest absolute Gasteiger partial charge is 0.461 e. The van der Waals surface area contributed by atoms with Gasteiger partial charge in [0.15, 0.2) is 4.96 Å². The summed E-state index contributed by atoms with van der Waals surface area (Å²) in [6.07, 6.45) is -5.60. The highest BCUT2D eigenvalue weighted by molar-refractivity contribution is 7.15. The number of alkyl halides is 4. The van der Waals surface area contributed by atoms with Gasteiger partial charge in [-0.05, 0) is 24.3 Å². The third-order valence-electron chi connectivity index (χ3n) is 3.85. The number of carboxylic acids is 1. The number of ether oxygens (including phenoxy) is 2. The topological polar surface area (TPSA) is 73.1 Å². The van der Waals surface area contributed by atoms with Crippen molar-refractivity contribution in [3.63, 3.8) is 0 Å². The summed E-state index contributed by atoms with van der Waals surface area (Å²) in [4.78, 5) is 16.3. The van der Waals surface area contributed by atoms with Crippen LogP contribution in [0.4, 0.5) is 17.6 Å². The monoisotopic (exact) mass is 430 g/mol. The summed E-state index contributed by atoms with van der Waals surface area (Å²) >= 11 is 1.30. The van der Waals surface area contributed by atoms with E-state index in [0.717, 1.165) is 18.4 Å². The number of carboxylic acid groups (broad SMARTS) is 1. The maximum Gasteiger partial charge on any atom is 0.461 e. The molecule has 29 heavy (non-hydrogen) atoms. The summed E-state index contributed by atoms with van der Waals surface area (Å²) < 4.78 is 60.9. The van der Waals surface area contributed by atoms with E-state index in [1.54, 1.807) is 16.0 Å². The fourth-order valence-corrected chi connectivity index (χ4v) is 3.37. The van der Waals surface area contributed by atoms with E-state index in [-0.39, 0.29) is 12.0 Å². The molecule has 0 atom stereocenters. The predicted octanol–water partition coefficient (Wildman–Crippen LogP) is 4.46. The quantitative estimate of drug-likeness (QED) is 0.325. The molecule has 0 radical (unpaired) electrons. The third-order valence-corrected chi connectivity index (χ3v) is 4.74. The van der Waals surface area contributed by atoms with Gasteiger partial charge in [0.25, 0.3) is 0 Å². The molecule has 0 amide bonds. The zero-order chi connectivity index (χ0) is 21.2. The van der Waals surface area contributed by atoms with Crippen LogP contribution in [-0.4, -0.2) is 40.1 Å². The predicted molar refractivity (Wildman–Crippen MR) is 96.5 cm³/mol. The first kappa shape index (κ1) is 20.6. The number of aromatic nitrogens is 2. The Bertz CT molecular complexity index is 1040. The number of hydrogen-bond acceptors (Lipinski definition) is 5. The van der Waals surface area contributed by atoms with E-state index in [1.165, 1.54) is 30.6 Å². The van der Waals surface area contributed by atoms with Crippen molar-refractivity contribution in [3.8, 4) is 17.0 Å². The van der Waals surface area contributed by atoms with Gasteiger partial charge in [-0.15, -0.1) is 11.3 Å². The van der Waals surface area contributed by atoms with Gasteiger partial charge in [0, 0.05) is 29.3 Å². The molecule has 0 saturated carbocycles. The highest BCUT2D eigenvalue weighted by Crippen LogP contribution is 2.30. The van der Waals surface area contributed by atoms with Gasteiger partial charge in [-0.2, -0.15) is 17.6 Å². The fraction of sp³-hybridized carbons (Fsp3) is 0.222. The van der Waals surface area contributed by atoms with E-state index < -0.39 is 24.3 Å². The van der Waals surface area contributed by atoms with Crippen molar-refractivity contribution in [2.45, 2.75) is 19.0 Å². The lowest BCUT2D eigenvalue weighted by atomic mass is 10.1.